The maximum atomic E-state index is 9.37. The molecule has 2 fully saturated rings. The Labute approximate surface area is 118 Å². The SMILES string of the molecule is CC1(C)O[C@@H]2[C@@H](OCc3ccccc3)O[C@H](CO)[C@@H]2O1. The van der Waals surface area contributed by atoms with Crippen molar-refractivity contribution in [3.63, 3.8) is 0 Å². The molecular weight excluding hydrogens is 260 g/mol. The Balaban J connectivity index is 1.65. The highest BCUT2D eigenvalue weighted by molar-refractivity contribution is 5.13. The molecule has 1 aromatic carbocycles. The van der Waals surface area contributed by atoms with Crippen molar-refractivity contribution in [2.75, 3.05) is 6.61 Å². The fourth-order valence-electron chi connectivity index (χ4n) is 2.68. The molecule has 0 aliphatic carbocycles. The van der Waals surface area contributed by atoms with E-state index in [0.717, 1.165) is 5.56 Å². The molecule has 0 spiro atoms. The van der Waals surface area contributed by atoms with Gasteiger partial charge in [0.15, 0.2) is 12.1 Å². The van der Waals surface area contributed by atoms with Gasteiger partial charge in [-0.15, -0.1) is 0 Å². The lowest BCUT2D eigenvalue weighted by Crippen LogP contribution is -2.32. The van der Waals surface area contributed by atoms with E-state index in [1.165, 1.54) is 0 Å². The Morgan fingerprint density at radius 1 is 1.15 bits per heavy atom. The van der Waals surface area contributed by atoms with Gasteiger partial charge < -0.3 is 24.1 Å². The number of aliphatic hydroxyl groups excluding tert-OH is 1. The molecule has 0 bridgehead atoms. The minimum Gasteiger partial charge on any atom is -0.394 e. The van der Waals surface area contributed by atoms with Gasteiger partial charge in [-0.1, -0.05) is 30.3 Å². The first-order valence-electron chi connectivity index (χ1n) is 6.86. The van der Waals surface area contributed by atoms with Crippen molar-refractivity contribution in [2.24, 2.45) is 0 Å². The van der Waals surface area contributed by atoms with Gasteiger partial charge in [-0.05, 0) is 19.4 Å². The van der Waals surface area contributed by atoms with Gasteiger partial charge in [-0.2, -0.15) is 0 Å². The average molecular weight is 280 g/mol. The lowest BCUT2D eigenvalue weighted by atomic mass is 10.1. The molecule has 110 valence electrons. The van der Waals surface area contributed by atoms with E-state index in [1.807, 2.05) is 44.2 Å². The summed E-state index contributed by atoms with van der Waals surface area (Å²) >= 11 is 0. The molecule has 5 nitrogen and oxygen atoms in total. The molecule has 0 radical (unpaired) electrons. The summed E-state index contributed by atoms with van der Waals surface area (Å²) in [7, 11) is 0. The predicted octanol–water partition coefficient (Wildman–Crippen LogP) is 1.44. The largest absolute Gasteiger partial charge is 0.394 e. The summed E-state index contributed by atoms with van der Waals surface area (Å²) in [5.41, 5.74) is 1.07. The highest BCUT2D eigenvalue weighted by Crippen LogP contribution is 2.39. The molecule has 5 heteroatoms. The second kappa shape index (κ2) is 5.42. The number of benzene rings is 1. The van der Waals surface area contributed by atoms with Crippen LogP contribution >= 0.6 is 0 Å². The number of hydrogen-bond donors (Lipinski definition) is 1. The fraction of sp³-hybridized carbons (Fsp3) is 0.600. The van der Waals surface area contributed by atoms with Crippen LogP contribution in [-0.2, 0) is 25.6 Å². The van der Waals surface area contributed by atoms with Crippen molar-refractivity contribution in [2.45, 2.75) is 50.8 Å². The van der Waals surface area contributed by atoms with Crippen LogP contribution in [0.25, 0.3) is 0 Å². The summed E-state index contributed by atoms with van der Waals surface area (Å²) < 4.78 is 23.1. The summed E-state index contributed by atoms with van der Waals surface area (Å²) in [5, 5.41) is 9.37. The molecule has 0 amide bonds. The topological polar surface area (TPSA) is 57.2 Å². The molecule has 2 aliphatic rings. The molecule has 1 aromatic rings. The average Bonchev–Trinajstić information content (AvgIpc) is 2.91. The fourth-order valence-corrected chi connectivity index (χ4v) is 2.68. The number of hydrogen-bond acceptors (Lipinski definition) is 5. The number of aliphatic hydroxyl groups is 1. The maximum absolute atomic E-state index is 9.37. The summed E-state index contributed by atoms with van der Waals surface area (Å²) in [6.45, 7) is 4.05. The van der Waals surface area contributed by atoms with E-state index in [0.29, 0.717) is 6.61 Å². The van der Waals surface area contributed by atoms with Crippen molar-refractivity contribution in [3.8, 4) is 0 Å². The molecule has 20 heavy (non-hydrogen) atoms. The van der Waals surface area contributed by atoms with Crippen LogP contribution in [0.15, 0.2) is 30.3 Å². The molecule has 2 saturated heterocycles. The van der Waals surface area contributed by atoms with Gasteiger partial charge in [-0.25, -0.2) is 0 Å². The maximum Gasteiger partial charge on any atom is 0.187 e. The molecule has 0 saturated carbocycles. The van der Waals surface area contributed by atoms with Crippen LogP contribution in [0.4, 0.5) is 0 Å². The summed E-state index contributed by atoms with van der Waals surface area (Å²) in [4.78, 5) is 0. The number of fused-ring (bicyclic) bond motifs is 1. The standard InChI is InChI=1S/C15H20O5/c1-15(2)19-12-11(8-16)18-14(13(12)20-15)17-9-10-6-4-3-5-7-10/h3-7,11-14,16H,8-9H2,1-2H3/t11-,12+,13+,14+/m1/s1. The minimum absolute atomic E-state index is 0.105. The van der Waals surface area contributed by atoms with Crippen molar-refractivity contribution in [1.82, 2.24) is 0 Å². The molecule has 2 heterocycles. The van der Waals surface area contributed by atoms with Gasteiger partial charge in [0.2, 0.25) is 0 Å². The molecule has 2 aliphatic heterocycles. The van der Waals surface area contributed by atoms with E-state index in [-0.39, 0.29) is 18.8 Å². The smallest absolute Gasteiger partial charge is 0.187 e. The third-order valence-electron chi connectivity index (χ3n) is 3.54. The Hall–Kier alpha value is -0.980. The van der Waals surface area contributed by atoms with Gasteiger partial charge in [0.1, 0.15) is 18.3 Å². The third kappa shape index (κ3) is 2.73. The number of ether oxygens (including phenoxy) is 4. The first-order valence-corrected chi connectivity index (χ1v) is 6.86. The van der Waals surface area contributed by atoms with E-state index in [1.54, 1.807) is 0 Å². The zero-order chi connectivity index (χ0) is 14.2. The Bertz CT molecular complexity index is 447. The highest BCUT2D eigenvalue weighted by atomic mass is 16.8. The summed E-state index contributed by atoms with van der Waals surface area (Å²) in [5.74, 6) is -0.666. The monoisotopic (exact) mass is 280 g/mol. The van der Waals surface area contributed by atoms with Gasteiger partial charge in [0.05, 0.1) is 13.2 Å². The highest BCUT2D eigenvalue weighted by Gasteiger charge is 2.55. The molecular formula is C15H20O5. The van der Waals surface area contributed by atoms with Crippen LogP contribution in [0.2, 0.25) is 0 Å². The number of rotatable bonds is 4. The van der Waals surface area contributed by atoms with Gasteiger partial charge in [0.25, 0.3) is 0 Å². The molecule has 4 atom stereocenters. The summed E-state index contributed by atoms with van der Waals surface area (Å²) in [6.07, 6.45) is -1.50. The molecule has 0 aromatic heterocycles. The Morgan fingerprint density at radius 3 is 2.55 bits per heavy atom. The van der Waals surface area contributed by atoms with Gasteiger partial charge in [-0.3, -0.25) is 0 Å². The Morgan fingerprint density at radius 2 is 1.85 bits per heavy atom. The van der Waals surface area contributed by atoms with Crippen LogP contribution in [0, 0.1) is 0 Å². The Kier molecular flexibility index (Phi) is 3.79. The van der Waals surface area contributed by atoms with E-state index >= 15 is 0 Å². The van der Waals surface area contributed by atoms with E-state index < -0.39 is 18.2 Å². The third-order valence-corrected chi connectivity index (χ3v) is 3.54. The molecule has 3 rings (SSSR count). The van der Waals surface area contributed by atoms with Gasteiger partial charge >= 0.3 is 0 Å². The molecule has 1 N–H and O–H groups in total. The van der Waals surface area contributed by atoms with Crippen LogP contribution in [-0.4, -0.2) is 42.1 Å². The van der Waals surface area contributed by atoms with Crippen LogP contribution in [0.5, 0.6) is 0 Å². The quantitative estimate of drug-likeness (QED) is 0.904. The summed E-state index contributed by atoms with van der Waals surface area (Å²) in [6, 6.07) is 9.87. The van der Waals surface area contributed by atoms with Crippen LogP contribution in [0.3, 0.4) is 0 Å². The van der Waals surface area contributed by atoms with Crippen LogP contribution in [0.1, 0.15) is 19.4 Å². The van der Waals surface area contributed by atoms with Crippen LogP contribution < -0.4 is 0 Å². The van der Waals surface area contributed by atoms with Crippen molar-refractivity contribution >= 4 is 0 Å². The zero-order valence-electron chi connectivity index (χ0n) is 11.7. The zero-order valence-corrected chi connectivity index (χ0v) is 11.7. The second-order valence-corrected chi connectivity index (χ2v) is 5.59. The van der Waals surface area contributed by atoms with E-state index in [2.05, 4.69) is 0 Å². The van der Waals surface area contributed by atoms with Crippen molar-refractivity contribution in [1.29, 1.82) is 0 Å². The second-order valence-electron chi connectivity index (χ2n) is 5.59. The molecule has 0 unspecified atom stereocenters. The lowest BCUT2D eigenvalue weighted by molar-refractivity contribution is -0.239. The lowest BCUT2D eigenvalue weighted by Gasteiger charge is -2.23. The van der Waals surface area contributed by atoms with E-state index in [9.17, 15) is 5.11 Å². The first kappa shape index (κ1) is 14.0. The van der Waals surface area contributed by atoms with Gasteiger partial charge in [0, 0.05) is 0 Å². The van der Waals surface area contributed by atoms with Crippen molar-refractivity contribution < 1.29 is 24.1 Å². The first-order chi connectivity index (χ1) is 9.59. The normalized spacial score (nSPS) is 35.1. The predicted molar refractivity (Wildman–Crippen MR) is 70.8 cm³/mol. The van der Waals surface area contributed by atoms with E-state index in [4.69, 9.17) is 18.9 Å². The van der Waals surface area contributed by atoms with Crippen molar-refractivity contribution in [3.05, 3.63) is 35.9 Å². The minimum atomic E-state index is -0.666.